The number of fused-ring (bicyclic) bond motifs is 1. The summed E-state index contributed by atoms with van der Waals surface area (Å²) in [5.74, 6) is 0.612. The van der Waals surface area contributed by atoms with E-state index in [4.69, 9.17) is 0 Å². The van der Waals surface area contributed by atoms with Crippen LogP contribution in [0.1, 0.15) is 41.0 Å². The van der Waals surface area contributed by atoms with Crippen LogP contribution >= 0.6 is 0 Å². The molecule has 168 valence electrons. The normalized spacial score (nSPS) is 18.5. The van der Waals surface area contributed by atoms with Gasteiger partial charge in [0.25, 0.3) is 0 Å². The Kier molecular flexibility index (Phi) is 5.93. The van der Waals surface area contributed by atoms with Gasteiger partial charge in [0.05, 0.1) is 0 Å². The van der Waals surface area contributed by atoms with Gasteiger partial charge in [0.1, 0.15) is 0 Å². The summed E-state index contributed by atoms with van der Waals surface area (Å²) < 4.78 is 0. The van der Waals surface area contributed by atoms with Gasteiger partial charge in [-0.05, 0) is 73.5 Å². The van der Waals surface area contributed by atoms with Crippen molar-refractivity contribution in [2.45, 2.75) is 45.4 Å². The molecule has 0 radical (unpaired) electrons. The lowest BCUT2D eigenvalue weighted by Gasteiger charge is -2.42. The smallest absolute Gasteiger partial charge is 0.154 e. The van der Waals surface area contributed by atoms with E-state index < -0.39 is 6.29 Å². The van der Waals surface area contributed by atoms with Gasteiger partial charge in [0, 0.05) is 42.5 Å². The summed E-state index contributed by atoms with van der Waals surface area (Å²) in [5, 5.41) is 21.5. The van der Waals surface area contributed by atoms with Gasteiger partial charge in [-0.2, -0.15) is 0 Å². The number of anilines is 1. The SMILES string of the molecule is Cc1cc(C2CN(c3cccc4ccccc34)C2)cc(C)c1CN1CCC(C(O)O)CC1. The number of hydrogen-bond donors (Lipinski definition) is 2. The maximum atomic E-state index is 9.43. The number of piperidine rings is 1. The number of aliphatic hydroxyl groups excluding tert-OH is 1. The minimum Gasteiger partial charge on any atom is -0.370 e. The molecule has 0 bridgehead atoms. The third kappa shape index (κ3) is 4.15. The lowest BCUT2D eigenvalue weighted by Crippen LogP contribution is -2.45. The van der Waals surface area contributed by atoms with E-state index in [1.54, 1.807) is 0 Å². The molecule has 4 heteroatoms. The fourth-order valence-corrected chi connectivity index (χ4v) is 5.51. The van der Waals surface area contributed by atoms with Crippen molar-refractivity contribution in [2.24, 2.45) is 5.92 Å². The van der Waals surface area contributed by atoms with Gasteiger partial charge < -0.3 is 15.1 Å². The maximum Gasteiger partial charge on any atom is 0.154 e. The topological polar surface area (TPSA) is 46.9 Å². The molecular formula is C28H34N2O2. The summed E-state index contributed by atoms with van der Waals surface area (Å²) in [7, 11) is 0. The molecule has 0 unspecified atom stereocenters. The van der Waals surface area contributed by atoms with E-state index in [1.807, 2.05) is 0 Å². The second-order valence-electron chi connectivity index (χ2n) is 9.76. The van der Waals surface area contributed by atoms with Gasteiger partial charge in [-0.1, -0.05) is 48.5 Å². The Morgan fingerprint density at radius 3 is 2.25 bits per heavy atom. The largest absolute Gasteiger partial charge is 0.370 e. The minimum absolute atomic E-state index is 0.0270. The minimum atomic E-state index is -1.17. The average molecular weight is 431 g/mol. The lowest BCUT2D eigenvalue weighted by molar-refractivity contribution is -0.0985. The second-order valence-corrected chi connectivity index (χ2v) is 9.76. The van der Waals surface area contributed by atoms with Crippen molar-refractivity contribution in [2.75, 3.05) is 31.1 Å². The van der Waals surface area contributed by atoms with Gasteiger partial charge in [-0.25, -0.2) is 0 Å². The molecule has 4 nitrogen and oxygen atoms in total. The molecule has 32 heavy (non-hydrogen) atoms. The molecular weight excluding hydrogens is 396 g/mol. The number of rotatable bonds is 5. The van der Waals surface area contributed by atoms with Crippen molar-refractivity contribution in [1.29, 1.82) is 0 Å². The molecule has 0 aliphatic carbocycles. The van der Waals surface area contributed by atoms with Gasteiger partial charge in [0.2, 0.25) is 0 Å². The second kappa shape index (κ2) is 8.86. The zero-order valence-corrected chi connectivity index (χ0v) is 19.2. The summed E-state index contributed by atoms with van der Waals surface area (Å²) in [6.45, 7) is 9.47. The zero-order chi connectivity index (χ0) is 22.2. The number of aliphatic hydroxyl groups is 2. The van der Waals surface area contributed by atoms with Gasteiger partial charge in [-0.15, -0.1) is 0 Å². The van der Waals surface area contributed by atoms with E-state index in [2.05, 4.69) is 78.2 Å². The molecule has 2 heterocycles. The van der Waals surface area contributed by atoms with Crippen LogP contribution in [0.4, 0.5) is 5.69 Å². The molecule has 3 aromatic carbocycles. The predicted octanol–water partition coefficient (Wildman–Crippen LogP) is 4.58. The van der Waals surface area contributed by atoms with E-state index in [1.165, 1.54) is 38.7 Å². The van der Waals surface area contributed by atoms with Crippen molar-refractivity contribution in [3.8, 4) is 0 Å². The van der Waals surface area contributed by atoms with E-state index in [-0.39, 0.29) is 5.92 Å². The zero-order valence-electron chi connectivity index (χ0n) is 19.2. The number of nitrogens with zero attached hydrogens (tertiary/aromatic N) is 2. The summed E-state index contributed by atoms with van der Waals surface area (Å²) >= 11 is 0. The molecule has 0 spiro atoms. The van der Waals surface area contributed by atoms with E-state index in [9.17, 15) is 10.2 Å². The van der Waals surface area contributed by atoms with Gasteiger partial charge >= 0.3 is 0 Å². The van der Waals surface area contributed by atoms with E-state index in [0.29, 0.717) is 5.92 Å². The fourth-order valence-electron chi connectivity index (χ4n) is 5.51. The molecule has 5 rings (SSSR count). The van der Waals surface area contributed by atoms with Crippen molar-refractivity contribution >= 4 is 16.5 Å². The Balaban J connectivity index is 1.25. The molecule has 0 aromatic heterocycles. The highest BCUT2D eigenvalue weighted by Gasteiger charge is 2.30. The maximum absolute atomic E-state index is 9.43. The van der Waals surface area contributed by atoms with E-state index in [0.717, 1.165) is 45.6 Å². The van der Waals surface area contributed by atoms with Gasteiger partial charge in [-0.3, -0.25) is 4.90 Å². The number of benzene rings is 3. The average Bonchev–Trinajstić information content (AvgIpc) is 2.76. The van der Waals surface area contributed by atoms with Crippen molar-refractivity contribution in [3.05, 3.63) is 76.9 Å². The summed E-state index contributed by atoms with van der Waals surface area (Å²) in [4.78, 5) is 4.96. The predicted molar refractivity (Wildman–Crippen MR) is 131 cm³/mol. The van der Waals surface area contributed by atoms with E-state index >= 15 is 0 Å². The first-order valence-corrected chi connectivity index (χ1v) is 11.9. The lowest BCUT2D eigenvalue weighted by atomic mass is 9.86. The van der Waals surface area contributed by atoms with Crippen molar-refractivity contribution in [1.82, 2.24) is 4.90 Å². The van der Waals surface area contributed by atoms with Crippen LogP contribution in [-0.2, 0) is 6.54 Å². The quantitative estimate of drug-likeness (QED) is 0.582. The first-order valence-electron chi connectivity index (χ1n) is 11.9. The number of hydrogen-bond acceptors (Lipinski definition) is 4. The van der Waals surface area contributed by atoms with Gasteiger partial charge in [0.15, 0.2) is 6.29 Å². The molecule has 2 aliphatic rings. The van der Waals surface area contributed by atoms with Crippen LogP contribution in [0, 0.1) is 19.8 Å². The molecule has 0 amide bonds. The molecule has 3 aromatic rings. The number of likely N-dealkylation sites (tertiary alicyclic amines) is 1. The monoisotopic (exact) mass is 430 g/mol. The van der Waals surface area contributed by atoms with Crippen LogP contribution in [0.5, 0.6) is 0 Å². The van der Waals surface area contributed by atoms with Crippen LogP contribution < -0.4 is 4.90 Å². The Morgan fingerprint density at radius 2 is 1.56 bits per heavy atom. The highest BCUT2D eigenvalue weighted by Crippen LogP contribution is 2.37. The third-order valence-corrected chi connectivity index (χ3v) is 7.61. The molecule has 2 fully saturated rings. The Morgan fingerprint density at radius 1 is 0.906 bits per heavy atom. The summed E-state index contributed by atoms with van der Waals surface area (Å²) in [6, 6.07) is 20.1. The highest BCUT2D eigenvalue weighted by molar-refractivity contribution is 5.94. The Bertz CT molecular complexity index is 1070. The molecule has 0 atom stereocenters. The molecule has 2 saturated heterocycles. The molecule has 2 aliphatic heterocycles. The summed E-state index contributed by atoms with van der Waals surface area (Å²) in [6.07, 6.45) is 0.552. The first-order chi connectivity index (χ1) is 15.5. The Hall–Kier alpha value is -2.40. The van der Waals surface area contributed by atoms with Crippen molar-refractivity contribution in [3.63, 3.8) is 0 Å². The third-order valence-electron chi connectivity index (χ3n) is 7.61. The van der Waals surface area contributed by atoms with Crippen LogP contribution in [0.2, 0.25) is 0 Å². The van der Waals surface area contributed by atoms with Crippen LogP contribution in [-0.4, -0.2) is 47.6 Å². The molecule has 2 N–H and O–H groups in total. The van der Waals surface area contributed by atoms with Crippen molar-refractivity contribution < 1.29 is 10.2 Å². The summed E-state index contributed by atoms with van der Waals surface area (Å²) in [5.41, 5.74) is 7.01. The fraction of sp³-hybridized carbons (Fsp3) is 0.429. The first kappa shape index (κ1) is 21.4. The number of aryl methyl sites for hydroxylation is 2. The van der Waals surface area contributed by atoms with Crippen LogP contribution in [0.3, 0.4) is 0 Å². The Labute approximate surface area is 191 Å². The standard InChI is InChI=1S/C28H34N2O2/c1-19-14-23(15-20(2)26(19)18-29-12-10-22(11-13-29)28(31)32)24-16-30(17-24)27-9-5-7-21-6-3-4-8-25(21)27/h3-9,14-15,22,24,28,31-32H,10-13,16-18H2,1-2H3. The van der Waals surface area contributed by atoms with Crippen LogP contribution in [0.25, 0.3) is 10.8 Å². The molecule has 0 saturated carbocycles. The highest BCUT2D eigenvalue weighted by atomic mass is 16.5. The van der Waals surface area contributed by atoms with Crippen LogP contribution in [0.15, 0.2) is 54.6 Å².